The zero-order valence-corrected chi connectivity index (χ0v) is 18.0. The highest BCUT2D eigenvalue weighted by molar-refractivity contribution is 7.14. The van der Waals surface area contributed by atoms with Crippen LogP contribution in [-0.2, 0) is 0 Å². The molecule has 5 rings (SSSR count). The number of hydrogen-bond acceptors (Lipinski definition) is 5. The average Bonchev–Trinajstić information content (AvgIpc) is 3.26. The van der Waals surface area contributed by atoms with E-state index in [4.69, 9.17) is 0 Å². The van der Waals surface area contributed by atoms with Crippen LogP contribution >= 0.6 is 11.3 Å². The number of amides is 1. The molecule has 0 aliphatic rings. The maximum atomic E-state index is 14.0. The van der Waals surface area contributed by atoms with E-state index in [1.807, 2.05) is 60.8 Å². The van der Waals surface area contributed by atoms with Crippen LogP contribution in [0.15, 0.2) is 95.1 Å². The molecular formula is C25H18N4O2S. The van der Waals surface area contributed by atoms with Crippen molar-refractivity contribution in [2.75, 3.05) is 4.90 Å². The topological polar surface area (TPSA) is 68.1 Å². The fraction of sp³-hybridized carbons (Fsp3) is 0.0400. The molecule has 0 spiro atoms. The molecular weight excluding hydrogens is 420 g/mol. The molecule has 1 amide bonds. The van der Waals surface area contributed by atoms with Crippen molar-refractivity contribution in [1.29, 1.82) is 0 Å². The summed E-state index contributed by atoms with van der Waals surface area (Å²) in [5.74, 6) is -0.355. The number of aryl methyl sites for hydroxylation is 1. The molecule has 32 heavy (non-hydrogen) atoms. The largest absolute Gasteiger partial charge is 0.285 e. The van der Waals surface area contributed by atoms with E-state index in [1.165, 1.54) is 16.0 Å². The number of benzene rings is 3. The van der Waals surface area contributed by atoms with Crippen LogP contribution in [0.5, 0.6) is 0 Å². The molecule has 0 atom stereocenters. The number of anilines is 2. The van der Waals surface area contributed by atoms with Gasteiger partial charge in [0.05, 0.1) is 22.5 Å². The molecule has 0 aliphatic heterocycles. The number of rotatable bonds is 4. The first-order valence-electron chi connectivity index (χ1n) is 10.0. The highest BCUT2D eigenvalue weighted by atomic mass is 32.1. The van der Waals surface area contributed by atoms with Gasteiger partial charge in [-0.3, -0.25) is 14.5 Å². The van der Waals surface area contributed by atoms with Gasteiger partial charge < -0.3 is 0 Å². The van der Waals surface area contributed by atoms with Gasteiger partial charge in [-0.05, 0) is 37.3 Å². The van der Waals surface area contributed by atoms with Gasteiger partial charge in [0.25, 0.3) is 11.5 Å². The molecule has 0 bridgehead atoms. The summed E-state index contributed by atoms with van der Waals surface area (Å²) in [4.78, 5) is 33.2. The number of fused-ring (bicyclic) bond motifs is 1. The lowest BCUT2D eigenvalue weighted by atomic mass is 10.1. The molecule has 0 aliphatic carbocycles. The van der Waals surface area contributed by atoms with Gasteiger partial charge in [-0.2, -0.15) is 9.78 Å². The van der Waals surface area contributed by atoms with E-state index >= 15 is 0 Å². The maximum Gasteiger partial charge on any atom is 0.285 e. The van der Waals surface area contributed by atoms with Gasteiger partial charge in [0, 0.05) is 10.8 Å². The number of aromatic nitrogens is 3. The normalized spacial score (nSPS) is 10.9. The second kappa shape index (κ2) is 8.20. The third-order valence-corrected chi connectivity index (χ3v) is 5.97. The molecule has 0 fully saturated rings. The monoisotopic (exact) mass is 438 g/mol. The second-order valence-corrected chi connectivity index (χ2v) is 8.03. The molecule has 0 N–H and O–H groups in total. The Hall–Kier alpha value is -4.10. The Morgan fingerprint density at radius 1 is 0.875 bits per heavy atom. The Bertz CT molecular complexity index is 1480. The third-order valence-electron chi connectivity index (χ3n) is 5.02. The van der Waals surface area contributed by atoms with Gasteiger partial charge in [-0.15, -0.1) is 11.3 Å². The Kier molecular flexibility index (Phi) is 5.09. The van der Waals surface area contributed by atoms with E-state index in [0.29, 0.717) is 27.3 Å². The van der Waals surface area contributed by atoms with E-state index in [1.54, 1.807) is 41.3 Å². The predicted molar refractivity (Wildman–Crippen MR) is 127 cm³/mol. The van der Waals surface area contributed by atoms with Crippen molar-refractivity contribution in [2.45, 2.75) is 6.92 Å². The number of para-hydroxylation sites is 2. The van der Waals surface area contributed by atoms with Crippen molar-refractivity contribution >= 4 is 38.8 Å². The van der Waals surface area contributed by atoms with Crippen LogP contribution in [0.3, 0.4) is 0 Å². The molecule has 6 nitrogen and oxygen atoms in total. The number of hydrogen-bond donors (Lipinski definition) is 0. The molecule has 3 aromatic carbocycles. The summed E-state index contributed by atoms with van der Waals surface area (Å²) in [6, 6.07) is 25.5. The first-order chi connectivity index (χ1) is 15.6. The van der Waals surface area contributed by atoms with Crippen LogP contribution in [0, 0.1) is 6.92 Å². The van der Waals surface area contributed by atoms with Crippen molar-refractivity contribution in [3.8, 4) is 5.69 Å². The van der Waals surface area contributed by atoms with Crippen molar-refractivity contribution in [2.24, 2.45) is 0 Å². The summed E-state index contributed by atoms with van der Waals surface area (Å²) in [5, 5.41) is 7.91. The first kappa shape index (κ1) is 19.8. The van der Waals surface area contributed by atoms with Crippen molar-refractivity contribution in [3.63, 3.8) is 0 Å². The predicted octanol–water partition coefficient (Wildman–Crippen LogP) is 5.13. The summed E-state index contributed by atoms with van der Waals surface area (Å²) < 4.78 is 1.28. The first-order valence-corrected chi connectivity index (χ1v) is 10.9. The van der Waals surface area contributed by atoms with E-state index in [9.17, 15) is 9.59 Å². The quantitative estimate of drug-likeness (QED) is 0.390. The Labute approximate surface area is 188 Å². The number of thiazole rings is 1. The van der Waals surface area contributed by atoms with Crippen molar-refractivity contribution in [3.05, 3.63) is 112 Å². The smallest absolute Gasteiger partial charge is 0.267 e. The lowest BCUT2D eigenvalue weighted by Gasteiger charge is -2.21. The third kappa shape index (κ3) is 3.48. The molecule has 0 unspecified atom stereocenters. The SMILES string of the molecule is Cc1csc(N(C(=O)c2nn(-c3ccccc3)c(=O)c3ccccc23)c2ccccc2)n1. The van der Waals surface area contributed by atoms with E-state index in [0.717, 1.165) is 5.69 Å². The lowest BCUT2D eigenvalue weighted by Crippen LogP contribution is -2.31. The minimum atomic E-state index is -0.355. The average molecular weight is 439 g/mol. The molecule has 7 heteroatoms. The Morgan fingerprint density at radius 3 is 2.16 bits per heavy atom. The van der Waals surface area contributed by atoms with E-state index < -0.39 is 0 Å². The molecule has 0 saturated carbocycles. The van der Waals surface area contributed by atoms with Crippen LogP contribution in [0.25, 0.3) is 16.5 Å². The van der Waals surface area contributed by atoms with Crippen molar-refractivity contribution < 1.29 is 4.79 Å². The van der Waals surface area contributed by atoms with Gasteiger partial charge in [0.2, 0.25) is 0 Å². The van der Waals surface area contributed by atoms with Crippen LogP contribution in [-0.4, -0.2) is 20.7 Å². The minimum absolute atomic E-state index is 0.181. The number of nitrogens with zero attached hydrogens (tertiary/aromatic N) is 4. The van der Waals surface area contributed by atoms with Crippen LogP contribution in [0.2, 0.25) is 0 Å². The maximum absolute atomic E-state index is 14.0. The minimum Gasteiger partial charge on any atom is -0.267 e. The number of carbonyl (C=O) groups excluding carboxylic acids is 1. The molecule has 2 aromatic heterocycles. The summed E-state index contributed by atoms with van der Waals surface area (Å²) in [6.07, 6.45) is 0. The number of carbonyl (C=O) groups is 1. The summed E-state index contributed by atoms with van der Waals surface area (Å²) in [7, 11) is 0. The van der Waals surface area contributed by atoms with Gasteiger partial charge in [-0.25, -0.2) is 4.98 Å². The highest BCUT2D eigenvalue weighted by Crippen LogP contribution is 2.31. The fourth-order valence-electron chi connectivity index (χ4n) is 3.53. The van der Waals surface area contributed by atoms with Gasteiger partial charge in [0.15, 0.2) is 10.8 Å². The van der Waals surface area contributed by atoms with Crippen LogP contribution in [0.1, 0.15) is 16.2 Å². The fourth-order valence-corrected chi connectivity index (χ4v) is 4.35. The zero-order valence-electron chi connectivity index (χ0n) is 17.2. The molecule has 2 heterocycles. The summed E-state index contributed by atoms with van der Waals surface area (Å²) >= 11 is 1.38. The molecule has 156 valence electrons. The molecule has 5 aromatic rings. The summed E-state index contributed by atoms with van der Waals surface area (Å²) in [5.41, 5.74) is 2.00. The second-order valence-electron chi connectivity index (χ2n) is 7.19. The standard InChI is InChI=1S/C25H18N4O2S/c1-17-16-32-25(26-17)28(18-10-4-2-5-11-18)24(31)22-20-14-8-9-15-21(20)23(30)29(27-22)19-12-6-3-7-13-19/h2-16H,1H3. The van der Waals surface area contributed by atoms with Gasteiger partial charge in [0.1, 0.15) is 0 Å². The lowest BCUT2D eigenvalue weighted by molar-refractivity contribution is 0.0994. The van der Waals surface area contributed by atoms with E-state index in [2.05, 4.69) is 10.1 Å². The Morgan fingerprint density at radius 2 is 1.50 bits per heavy atom. The molecule has 0 saturated heterocycles. The molecule has 0 radical (unpaired) electrons. The van der Waals surface area contributed by atoms with Crippen LogP contribution < -0.4 is 10.5 Å². The highest BCUT2D eigenvalue weighted by Gasteiger charge is 2.27. The summed E-state index contributed by atoms with van der Waals surface area (Å²) in [6.45, 7) is 1.89. The van der Waals surface area contributed by atoms with Crippen molar-refractivity contribution in [1.82, 2.24) is 14.8 Å². The Balaban J connectivity index is 1.76. The van der Waals surface area contributed by atoms with Gasteiger partial charge in [-0.1, -0.05) is 54.6 Å². The van der Waals surface area contributed by atoms with Crippen LogP contribution in [0.4, 0.5) is 10.8 Å². The van der Waals surface area contributed by atoms with Gasteiger partial charge >= 0.3 is 0 Å². The zero-order chi connectivity index (χ0) is 22.1. The van der Waals surface area contributed by atoms with E-state index in [-0.39, 0.29) is 17.2 Å².